The molecule has 48 heavy (non-hydrogen) atoms. The number of hydrogen-bond acceptors (Lipinski definition) is 6. The number of hydrogen-bond donors (Lipinski definition) is 0. The third-order valence-corrected chi connectivity index (χ3v) is 10.6. The van der Waals surface area contributed by atoms with Crippen LogP contribution in [0.5, 0.6) is 11.5 Å². The van der Waals surface area contributed by atoms with E-state index < -0.39 is 11.8 Å². The number of allylic oxidation sites excluding steroid dienone is 2. The van der Waals surface area contributed by atoms with Crippen LogP contribution >= 0.6 is 0 Å². The van der Waals surface area contributed by atoms with E-state index >= 15 is 0 Å². The number of carbonyl (C=O) groups is 4. The van der Waals surface area contributed by atoms with Gasteiger partial charge in [-0.25, -0.2) is 0 Å². The molecule has 236 valence electrons. The van der Waals surface area contributed by atoms with Gasteiger partial charge in [0.2, 0.25) is 11.8 Å². The summed E-state index contributed by atoms with van der Waals surface area (Å²) in [6.07, 6.45) is 8.03. The molecule has 9 rings (SSSR count). The summed E-state index contributed by atoms with van der Waals surface area (Å²) in [6, 6.07) is 22.4. The molecule has 4 aromatic rings. The van der Waals surface area contributed by atoms with Crippen molar-refractivity contribution in [2.45, 2.75) is 36.8 Å². The average Bonchev–Trinajstić information content (AvgIpc) is 3.13. The number of benzene rings is 4. The van der Waals surface area contributed by atoms with Crippen molar-refractivity contribution in [1.29, 1.82) is 0 Å². The molecule has 3 aliphatic carbocycles. The van der Waals surface area contributed by atoms with Crippen molar-refractivity contribution in [1.82, 2.24) is 9.80 Å². The van der Waals surface area contributed by atoms with E-state index in [1.165, 1.54) is 9.80 Å². The molecule has 0 bridgehead atoms. The van der Waals surface area contributed by atoms with E-state index in [1.54, 1.807) is 14.2 Å². The maximum Gasteiger partial charge on any atom is 0.261 e. The zero-order valence-electron chi connectivity index (χ0n) is 26.3. The second-order valence-electron chi connectivity index (χ2n) is 12.9. The van der Waals surface area contributed by atoms with E-state index in [1.807, 2.05) is 84.9 Å². The van der Waals surface area contributed by atoms with Gasteiger partial charge < -0.3 is 9.47 Å². The summed E-state index contributed by atoms with van der Waals surface area (Å²) < 4.78 is 10.5. The number of fused-ring (bicyclic) bond motifs is 2. The molecule has 2 aliphatic heterocycles. The smallest absolute Gasteiger partial charge is 0.261 e. The van der Waals surface area contributed by atoms with Crippen molar-refractivity contribution < 1.29 is 28.7 Å². The molecule has 8 nitrogen and oxygen atoms in total. The van der Waals surface area contributed by atoms with Gasteiger partial charge in [0.15, 0.2) is 0 Å². The molecule has 4 unspecified atom stereocenters. The molecule has 4 amide bonds. The van der Waals surface area contributed by atoms with Crippen molar-refractivity contribution in [2.75, 3.05) is 14.2 Å². The highest BCUT2D eigenvalue weighted by molar-refractivity contribution is 6.15. The number of ether oxygens (including phenoxy) is 2. The Morgan fingerprint density at radius 3 is 1.23 bits per heavy atom. The highest BCUT2D eigenvalue weighted by Gasteiger charge is 2.49. The van der Waals surface area contributed by atoms with E-state index in [9.17, 15) is 19.2 Å². The summed E-state index contributed by atoms with van der Waals surface area (Å²) in [7, 11) is 3.19. The van der Waals surface area contributed by atoms with Gasteiger partial charge in [0, 0.05) is 23.0 Å². The lowest BCUT2D eigenvalue weighted by Crippen LogP contribution is -2.46. The number of carbonyl (C=O) groups excluding carboxylic acids is 4. The number of nitrogens with zero attached hydrogens (tertiary/aromatic N) is 2. The minimum atomic E-state index is -0.573. The lowest BCUT2D eigenvalue weighted by atomic mass is 9.60. The molecule has 0 aromatic heterocycles. The van der Waals surface area contributed by atoms with Crippen molar-refractivity contribution in [3.63, 3.8) is 0 Å². The largest absolute Gasteiger partial charge is 0.497 e. The molecular weight excluding hydrogens is 604 g/mol. The topological polar surface area (TPSA) is 93.2 Å². The van der Waals surface area contributed by atoms with Crippen molar-refractivity contribution in [3.05, 3.63) is 142 Å². The normalized spacial score (nSPS) is 22.5. The molecule has 5 aliphatic rings. The zero-order chi connectivity index (χ0) is 32.8. The zero-order valence-corrected chi connectivity index (χ0v) is 26.3. The van der Waals surface area contributed by atoms with Gasteiger partial charge in [-0.1, -0.05) is 60.7 Å². The van der Waals surface area contributed by atoms with Crippen LogP contribution in [-0.4, -0.2) is 47.6 Å². The van der Waals surface area contributed by atoms with Crippen LogP contribution in [0.1, 0.15) is 77.8 Å². The third kappa shape index (κ3) is 3.89. The van der Waals surface area contributed by atoms with E-state index in [-0.39, 0.29) is 48.6 Å². The fourth-order valence-corrected chi connectivity index (χ4v) is 8.31. The van der Waals surface area contributed by atoms with Crippen LogP contribution in [-0.2, 0) is 22.7 Å². The molecule has 8 heteroatoms. The molecule has 2 heterocycles. The van der Waals surface area contributed by atoms with E-state index in [2.05, 4.69) is 12.2 Å². The summed E-state index contributed by atoms with van der Waals surface area (Å²) in [5.41, 5.74) is 8.17. The molecule has 4 atom stereocenters. The highest BCUT2D eigenvalue weighted by atomic mass is 16.5. The Morgan fingerprint density at radius 1 is 0.479 bits per heavy atom. The summed E-state index contributed by atoms with van der Waals surface area (Å²) in [6.45, 7) is 0.344. The van der Waals surface area contributed by atoms with Crippen LogP contribution in [0.15, 0.2) is 97.1 Å². The van der Waals surface area contributed by atoms with Crippen LogP contribution in [0, 0.1) is 0 Å². The van der Waals surface area contributed by atoms with E-state index in [4.69, 9.17) is 9.47 Å². The summed E-state index contributed by atoms with van der Waals surface area (Å²) in [4.78, 5) is 58.5. The van der Waals surface area contributed by atoms with Gasteiger partial charge in [-0.15, -0.1) is 0 Å². The monoisotopic (exact) mass is 634 g/mol. The van der Waals surface area contributed by atoms with E-state index in [0.717, 1.165) is 44.5 Å². The van der Waals surface area contributed by atoms with Crippen molar-refractivity contribution >= 4 is 23.6 Å². The Kier molecular flexibility index (Phi) is 6.15. The van der Waals surface area contributed by atoms with Crippen LogP contribution in [0.4, 0.5) is 0 Å². The molecular formula is C40H30N2O6. The minimum Gasteiger partial charge on any atom is -0.497 e. The lowest BCUT2D eigenvalue weighted by molar-refractivity contribution is -0.131. The maximum absolute atomic E-state index is 14.0. The minimum absolute atomic E-state index is 0.140. The van der Waals surface area contributed by atoms with Gasteiger partial charge in [-0.05, 0) is 80.9 Å². The van der Waals surface area contributed by atoms with Gasteiger partial charge in [0.1, 0.15) is 11.5 Å². The molecule has 0 radical (unpaired) electrons. The van der Waals surface area contributed by atoms with Crippen LogP contribution in [0.25, 0.3) is 11.1 Å². The predicted molar refractivity (Wildman–Crippen MR) is 177 cm³/mol. The maximum atomic E-state index is 14.0. The first kappa shape index (κ1) is 28.5. The summed E-state index contributed by atoms with van der Waals surface area (Å²) >= 11 is 0. The second-order valence-corrected chi connectivity index (χ2v) is 12.9. The van der Waals surface area contributed by atoms with Gasteiger partial charge in [0.05, 0.1) is 39.1 Å². The van der Waals surface area contributed by atoms with Gasteiger partial charge in [-0.3, -0.25) is 29.0 Å². The molecule has 0 N–H and O–H groups in total. The molecule has 0 saturated heterocycles. The first-order valence-electron chi connectivity index (χ1n) is 16.1. The predicted octanol–water partition coefficient (Wildman–Crippen LogP) is 6.22. The fraction of sp³-hybridized carbons (Fsp3) is 0.200. The first-order chi connectivity index (χ1) is 23.4. The second kappa shape index (κ2) is 10.4. The van der Waals surface area contributed by atoms with Crippen LogP contribution in [0.2, 0.25) is 0 Å². The van der Waals surface area contributed by atoms with Gasteiger partial charge in [-0.2, -0.15) is 0 Å². The van der Waals surface area contributed by atoms with Gasteiger partial charge in [0.25, 0.3) is 11.8 Å². The average molecular weight is 635 g/mol. The number of rotatable bonds is 6. The number of methoxy groups -OCH3 is 2. The van der Waals surface area contributed by atoms with E-state index in [0.29, 0.717) is 22.6 Å². The first-order valence-corrected chi connectivity index (χ1v) is 16.1. The van der Waals surface area contributed by atoms with Crippen LogP contribution < -0.4 is 9.47 Å². The highest BCUT2D eigenvalue weighted by Crippen LogP contribution is 2.58. The quantitative estimate of drug-likeness (QED) is 0.185. The third-order valence-electron chi connectivity index (χ3n) is 10.6. The Bertz CT molecular complexity index is 2010. The SMILES string of the molecule is COc1ccc(CN2C(=O)c3ccc4c5c3C(C=CC5C3C=CC5C(=O)N(Cc6ccc(OC)cc6)C(=O)c6ccc-4c3c65)C2=O)cc1. The Labute approximate surface area is 276 Å². The Hall–Kier alpha value is -5.76. The summed E-state index contributed by atoms with van der Waals surface area (Å²) in [5, 5.41) is 0. The Balaban J connectivity index is 1.12. The van der Waals surface area contributed by atoms with Crippen molar-refractivity contribution in [2.24, 2.45) is 0 Å². The van der Waals surface area contributed by atoms with Gasteiger partial charge >= 0.3 is 0 Å². The molecule has 4 aromatic carbocycles. The standard InChI is InChI=1S/C40H30N2O6/c1-47-23-7-3-21(4-8-23)19-41-37(43)29-15-11-25-27-13-17-31-36-32(40(46)42(39(31)45)20-22-5-9-24(48-2)10-6-22)18-14-28(34(27)36)26-12-16-30(38(41)44)35(29)33(25)26/h3-18,25,27,29,31H,19-20H2,1-2H3. The van der Waals surface area contributed by atoms with Crippen LogP contribution in [0.3, 0.4) is 0 Å². The number of imide groups is 2. The molecule has 0 spiro atoms. The summed E-state index contributed by atoms with van der Waals surface area (Å²) in [5.74, 6) is -1.10. The fourth-order valence-electron chi connectivity index (χ4n) is 8.31. The molecule has 0 fully saturated rings. The lowest BCUT2D eigenvalue weighted by Gasteiger charge is -2.45. The molecule has 0 saturated carbocycles. The van der Waals surface area contributed by atoms with Crippen molar-refractivity contribution in [3.8, 4) is 22.6 Å². The Morgan fingerprint density at radius 2 is 0.854 bits per heavy atom. The number of amides is 4.